The van der Waals surface area contributed by atoms with Crippen LogP contribution in [-0.4, -0.2) is 24.1 Å². The van der Waals surface area contributed by atoms with Crippen LogP contribution in [-0.2, 0) is 0 Å². The Morgan fingerprint density at radius 3 is 2.87 bits per heavy atom. The van der Waals surface area contributed by atoms with Crippen LogP contribution in [0.15, 0.2) is 24.4 Å². The highest BCUT2D eigenvalue weighted by Crippen LogP contribution is 2.19. The molecule has 1 aliphatic rings. The van der Waals surface area contributed by atoms with E-state index in [2.05, 4.69) is 16.4 Å². The van der Waals surface area contributed by atoms with E-state index in [1.54, 1.807) is 0 Å². The molecular weight excluding hydrogens is 186 g/mol. The van der Waals surface area contributed by atoms with Gasteiger partial charge in [-0.25, -0.2) is 0 Å². The first kappa shape index (κ1) is 10.6. The van der Waals surface area contributed by atoms with Crippen LogP contribution in [0.5, 0.6) is 0 Å². The van der Waals surface area contributed by atoms with E-state index in [4.69, 9.17) is 5.73 Å². The molecule has 3 nitrogen and oxygen atoms in total. The highest BCUT2D eigenvalue weighted by Gasteiger charge is 2.18. The predicted molar refractivity (Wildman–Crippen MR) is 61.7 cm³/mol. The first-order valence-corrected chi connectivity index (χ1v) is 5.74. The third-order valence-corrected chi connectivity index (χ3v) is 3.15. The minimum absolute atomic E-state index is 0.354. The quantitative estimate of drug-likeness (QED) is 0.761. The number of nitrogens with two attached hydrogens (primary N) is 1. The summed E-state index contributed by atoms with van der Waals surface area (Å²) in [7, 11) is 0. The molecule has 1 atom stereocenters. The van der Waals surface area contributed by atoms with E-state index in [-0.39, 0.29) is 0 Å². The van der Waals surface area contributed by atoms with Crippen molar-refractivity contribution in [2.75, 3.05) is 13.1 Å². The van der Waals surface area contributed by atoms with E-state index < -0.39 is 0 Å². The SMILES string of the molecule is NCC(CNC1CCC1)c1ccccn1. The molecule has 0 bridgehead atoms. The molecule has 0 spiro atoms. The number of nitrogens with one attached hydrogen (secondary N) is 1. The Bertz CT molecular complexity index is 282. The number of nitrogens with zero attached hydrogens (tertiary/aromatic N) is 1. The first-order chi connectivity index (χ1) is 7.40. The maximum Gasteiger partial charge on any atom is 0.0459 e. The van der Waals surface area contributed by atoms with Crippen LogP contribution >= 0.6 is 0 Å². The summed E-state index contributed by atoms with van der Waals surface area (Å²) in [6, 6.07) is 6.74. The van der Waals surface area contributed by atoms with Gasteiger partial charge in [0, 0.05) is 36.9 Å². The Kier molecular flexibility index (Phi) is 3.69. The van der Waals surface area contributed by atoms with Crippen LogP contribution in [0.4, 0.5) is 0 Å². The maximum absolute atomic E-state index is 5.77. The molecule has 1 fully saturated rings. The number of hydrogen-bond acceptors (Lipinski definition) is 3. The normalized spacial score (nSPS) is 18.5. The van der Waals surface area contributed by atoms with Gasteiger partial charge in [-0.05, 0) is 25.0 Å². The number of hydrogen-bond donors (Lipinski definition) is 2. The molecule has 0 aromatic carbocycles. The van der Waals surface area contributed by atoms with Crippen LogP contribution < -0.4 is 11.1 Å². The minimum Gasteiger partial charge on any atom is -0.330 e. The van der Waals surface area contributed by atoms with Crippen molar-refractivity contribution in [2.24, 2.45) is 5.73 Å². The van der Waals surface area contributed by atoms with Gasteiger partial charge in [0.25, 0.3) is 0 Å². The van der Waals surface area contributed by atoms with E-state index >= 15 is 0 Å². The molecule has 0 saturated heterocycles. The van der Waals surface area contributed by atoms with Crippen molar-refractivity contribution in [3.05, 3.63) is 30.1 Å². The molecule has 2 rings (SSSR count). The van der Waals surface area contributed by atoms with E-state index in [0.29, 0.717) is 12.5 Å². The molecule has 1 unspecified atom stereocenters. The molecule has 1 aliphatic carbocycles. The zero-order valence-electron chi connectivity index (χ0n) is 9.02. The summed E-state index contributed by atoms with van der Waals surface area (Å²) in [5, 5.41) is 3.55. The van der Waals surface area contributed by atoms with Crippen molar-refractivity contribution in [3.8, 4) is 0 Å². The Labute approximate surface area is 91.1 Å². The molecular formula is C12H19N3. The van der Waals surface area contributed by atoms with Crippen LogP contribution in [0.2, 0.25) is 0 Å². The molecule has 0 aliphatic heterocycles. The molecule has 1 saturated carbocycles. The lowest BCUT2D eigenvalue weighted by Gasteiger charge is -2.28. The van der Waals surface area contributed by atoms with Gasteiger partial charge in [-0.1, -0.05) is 12.5 Å². The van der Waals surface area contributed by atoms with Crippen molar-refractivity contribution >= 4 is 0 Å². The van der Waals surface area contributed by atoms with Crippen LogP contribution in [0.25, 0.3) is 0 Å². The smallest absolute Gasteiger partial charge is 0.0459 e. The van der Waals surface area contributed by atoms with Gasteiger partial charge in [-0.2, -0.15) is 0 Å². The summed E-state index contributed by atoms with van der Waals surface area (Å²) in [6.45, 7) is 1.62. The Hall–Kier alpha value is -0.930. The monoisotopic (exact) mass is 205 g/mol. The fraction of sp³-hybridized carbons (Fsp3) is 0.583. The fourth-order valence-electron chi connectivity index (χ4n) is 1.85. The standard InChI is InChI=1S/C12H19N3/c13-8-10(9-15-11-4-3-5-11)12-6-1-2-7-14-12/h1-2,6-7,10-11,15H,3-5,8-9,13H2. The first-order valence-electron chi connectivity index (χ1n) is 5.74. The Morgan fingerprint density at radius 2 is 2.33 bits per heavy atom. The summed E-state index contributed by atoms with van der Waals surface area (Å²) in [6.07, 6.45) is 5.84. The third kappa shape index (κ3) is 2.76. The molecule has 82 valence electrons. The molecule has 1 aromatic rings. The van der Waals surface area contributed by atoms with E-state index in [9.17, 15) is 0 Å². The van der Waals surface area contributed by atoms with Crippen molar-refractivity contribution < 1.29 is 0 Å². The zero-order chi connectivity index (χ0) is 10.5. The highest BCUT2D eigenvalue weighted by atomic mass is 14.9. The lowest BCUT2D eigenvalue weighted by Crippen LogP contribution is -2.39. The summed E-state index contributed by atoms with van der Waals surface area (Å²) in [5.74, 6) is 0.354. The Morgan fingerprint density at radius 1 is 1.47 bits per heavy atom. The molecule has 1 heterocycles. The number of aromatic nitrogens is 1. The summed E-state index contributed by atoms with van der Waals surface area (Å²) in [4.78, 5) is 4.35. The van der Waals surface area contributed by atoms with Crippen molar-refractivity contribution in [1.82, 2.24) is 10.3 Å². The zero-order valence-corrected chi connectivity index (χ0v) is 9.02. The number of rotatable bonds is 5. The molecule has 3 heteroatoms. The van der Waals surface area contributed by atoms with Gasteiger partial charge in [0.15, 0.2) is 0 Å². The largest absolute Gasteiger partial charge is 0.330 e. The second-order valence-electron chi connectivity index (χ2n) is 4.22. The van der Waals surface area contributed by atoms with Gasteiger partial charge in [0.1, 0.15) is 0 Å². The maximum atomic E-state index is 5.77. The van der Waals surface area contributed by atoms with Gasteiger partial charge < -0.3 is 11.1 Å². The summed E-state index contributed by atoms with van der Waals surface area (Å²) >= 11 is 0. The van der Waals surface area contributed by atoms with Gasteiger partial charge in [-0.15, -0.1) is 0 Å². The van der Waals surface area contributed by atoms with Gasteiger partial charge in [0.2, 0.25) is 0 Å². The van der Waals surface area contributed by atoms with E-state index in [1.165, 1.54) is 19.3 Å². The number of pyridine rings is 1. The van der Waals surface area contributed by atoms with Gasteiger partial charge >= 0.3 is 0 Å². The van der Waals surface area contributed by atoms with Gasteiger partial charge in [-0.3, -0.25) is 4.98 Å². The molecule has 0 radical (unpaired) electrons. The van der Waals surface area contributed by atoms with Gasteiger partial charge in [0.05, 0.1) is 0 Å². The average Bonchev–Trinajstić information content (AvgIpc) is 2.23. The topological polar surface area (TPSA) is 50.9 Å². The molecule has 0 amide bonds. The molecule has 15 heavy (non-hydrogen) atoms. The van der Waals surface area contributed by atoms with E-state index in [0.717, 1.165) is 18.3 Å². The van der Waals surface area contributed by atoms with E-state index in [1.807, 2.05) is 18.3 Å². The second kappa shape index (κ2) is 5.24. The van der Waals surface area contributed by atoms with Crippen molar-refractivity contribution in [1.29, 1.82) is 0 Å². The molecule has 3 N–H and O–H groups in total. The van der Waals surface area contributed by atoms with Crippen molar-refractivity contribution in [2.45, 2.75) is 31.2 Å². The molecule has 1 aromatic heterocycles. The summed E-state index contributed by atoms with van der Waals surface area (Å²) < 4.78 is 0. The predicted octanol–water partition coefficient (Wildman–Crippen LogP) is 1.27. The summed E-state index contributed by atoms with van der Waals surface area (Å²) in [5.41, 5.74) is 6.87. The van der Waals surface area contributed by atoms with Crippen molar-refractivity contribution in [3.63, 3.8) is 0 Å². The highest BCUT2D eigenvalue weighted by molar-refractivity contribution is 5.10. The average molecular weight is 205 g/mol. The van der Waals surface area contributed by atoms with Crippen LogP contribution in [0.1, 0.15) is 30.9 Å². The second-order valence-corrected chi connectivity index (χ2v) is 4.22. The fourth-order valence-corrected chi connectivity index (χ4v) is 1.85. The lowest BCUT2D eigenvalue weighted by molar-refractivity contribution is 0.332. The third-order valence-electron chi connectivity index (χ3n) is 3.15. The van der Waals surface area contributed by atoms with Crippen LogP contribution in [0.3, 0.4) is 0 Å². The lowest BCUT2D eigenvalue weighted by atomic mass is 9.92. The van der Waals surface area contributed by atoms with Crippen LogP contribution in [0, 0.1) is 0 Å². The minimum atomic E-state index is 0.354. The Balaban J connectivity index is 1.86.